The largest absolute Gasteiger partial charge is 0.486 e. The molecule has 0 saturated carbocycles. The van der Waals surface area contributed by atoms with Gasteiger partial charge in [-0.05, 0) is 53.6 Å². The first kappa shape index (κ1) is 22.6. The van der Waals surface area contributed by atoms with Crippen molar-refractivity contribution < 1.29 is 13.9 Å². The number of nitrogens with zero attached hydrogens (tertiary/aromatic N) is 1. The Bertz CT molecular complexity index is 1170. The van der Waals surface area contributed by atoms with E-state index in [0.29, 0.717) is 10.6 Å². The number of rotatable bonds is 6. The van der Waals surface area contributed by atoms with Gasteiger partial charge in [-0.25, -0.2) is 4.39 Å². The number of hydrogen-bond acceptors (Lipinski definition) is 3. The second-order valence-corrected chi connectivity index (χ2v) is 7.58. The highest BCUT2D eigenvalue weighted by Gasteiger charge is 2.14. The van der Waals surface area contributed by atoms with E-state index < -0.39 is 11.7 Å². The Balaban J connectivity index is 1.78. The van der Waals surface area contributed by atoms with Crippen LogP contribution in [-0.4, -0.2) is 5.91 Å². The summed E-state index contributed by atoms with van der Waals surface area (Å²) in [5, 5.41) is 12.7. The molecule has 0 unspecified atom stereocenters. The Hall–Kier alpha value is -3.04. The molecule has 3 aromatic rings. The summed E-state index contributed by atoms with van der Waals surface area (Å²) in [6, 6.07) is 17.6. The maximum absolute atomic E-state index is 13.7. The zero-order valence-corrected chi connectivity index (χ0v) is 18.1. The minimum atomic E-state index is -0.761. The van der Waals surface area contributed by atoms with E-state index in [9.17, 15) is 14.4 Å². The highest BCUT2D eigenvalue weighted by molar-refractivity contribution is 6.37. The van der Waals surface area contributed by atoms with E-state index in [1.807, 2.05) is 12.1 Å². The second-order valence-electron chi connectivity index (χ2n) is 6.33. The molecular weight excluding hydrogens is 462 g/mol. The SMILES string of the molecule is N#C/C(=C/c1cc(Cl)c(OCc2ccc(Cl)cc2)c(Cl)c1)C(=O)Nc1ccccc1F. The fourth-order valence-corrected chi connectivity index (χ4v) is 3.34. The molecule has 0 heterocycles. The van der Waals surface area contributed by atoms with E-state index in [0.717, 1.165) is 5.56 Å². The maximum atomic E-state index is 13.7. The summed E-state index contributed by atoms with van der Waals surface area (Å²) in [7, 11) is 0. The zero-order chi connectivity index (χ0) is 22.4. The minimum Gasteiger partial charge on any atom is -0.486 e. The number of anilines is 1. The third kappa shape index (κ3) is 5.99. The Morgan fingerprint density at radius 3 is 2.32 bits per heavy atom. The lowest BCUT2D eigenvalue weighted by atomic mass is 10.1. The number of nitriles is 1. The van der Waals surface area contributed by atoms with Crippen molar-refractivity contribution in [2.45, 2.75) is 6.61 Å². The lowest BCUT2D eigenvalue weighted by Crippen LogP contribution is -2.14. The van der Waals surface area contributed by atoms with Gasteiger partial charge in [0.25, 0.3) is 5.91 Å². The van der Waals surface area contributed by atoms with Crippen LogP contribution in [0.3, 0.4) is 0 Å². The van der Waals surface area contributed by atoms with Crippen molar-refractivity contribution in [1.29, 1.82) is 5.26 Å². The normalized spacial score (nSPS) is 11.0. The third-order valence-electron chi connectivity index (χ3n) is 4.12. The van der Waals surface area contributed by atoms with Gasteiger partial charge in [0.05, 0.1) is 15.7 Å². The number of benzene rings is 3. The number of nitrogens with one attached hydrogen (secondary N) is 1. The van der Waals surface area contributed by atoms with Crippen molar-refractivity contribution in [1.82, 2.24) is 0 Å². The van der Waals surface area contributed by atoms with Crippen LogP contribution < -0.4 is 10.1 Å². The predicted octanol–water partition coefficient (Wildman–Crippen LogP) is 6.91. The number of carbonyl (C=O) groups excluding carboxylic acids is 1. The molecule has 0 saturated heterocycles. The van der Waals surface area contributed by atoms with Gasteiger partial charge in [0.15, 0.2) is 5.75 Å². The van der Waals surface area contributed by atoms with Gasteiger partial charge in [0, 0.05) is 5.02 Å². The number of ether oxygens (including phenoxy) is 1. The van der Waals surface area contributed by atoms with E-state index in [1.54, 1.807) is 24.3 Å². The third-order valence-corrected chi connectivity index (χ3v) is 4.93. The molecule has 0 aliphatic rings. The van der Waals surface area contributed by atoms with Gasteiger partial charge in [-0.1, -0.05) is 59.1 Å². The van der Waals surface area contributed by atoms with Crippen LogP contribution in [0, 0.1) is 17.1 Å². The van der Waals surface area contributed by atoms with Gasteiger partial charge in [0.2, 0.25) is 0 Å². The first-order valence-corrected chi connectivity index (χ1v) is 10.0. The maximum Gasteiger partial charge on any atom is 0.266 e. The van der Waals surface area contributed by atoms with Gasteiger partial charge < -0.3 is 10.1 Å². The van der Waals surface area contributed by atoms with Gasteiger partial charge in [0.1, 0.15) is 24.1 Å². The number of amides is 1. The van der Waals surface area contributed by atoms with Crippen molar-refractivity contribution in [3.63, 3.8) is 0 Å². The predicted molar refractivity (Wildman–Crippen MR) is 121 cm³/mol. The Morgan fingerprint density at radius 2 is 1.71 bits per heavy atom. The van der Waals surface area contributed by atoms with Crippen LogP contribution in [-0.2, 0) is 11.4 Å². The van der Waals surface area contributed by atoms with Crippen LogP contribution >= 0.6 is 34.8 Å². The van der Waals surface area contributed by atoms with Gasteiger partial charge in [-0.3, -0.25) is 4.79 Å². The molecule has 0 spiro atoms. The average Bonchev–Trinajstić information content (AvgIpc) is 2.74. The number of carbonyl (C=O) groups is 1. The molecule has 3 aromatic carbocycles. The standard InChI is InChI=1S/C23H14Cl3FN2O2/c24-17-7-5-14(6-8-17)13-31-22-18(25)10-15(11-19(22)26)9-16(12-28)23(30)29-21-4-2-1-3-20(21)27/h1-11H,13H2,(H,29,30)/b16-9-. The molecule has 0 fully saturated rings. The molecule has 0 bridgehead atoms. The van der Waals surface area contributed by atoms with Crippen LogP contribution in [0.25, 0.3) is 6.08 Å². The summed E-state index contributed by atoms with van der Waals surface area (Å²) in [6.07, 6.45) is 1.30. The Kier molecular flexibility index (Phi) is 7.54. The molecule has 0 aliphatic carbocycles. The Labute approximate surface area is 193 Å². The molecular formula is C23H14Cl3FN2O2. The lowest BCUT2D eigenvalue weighted by molar-refractivity contribution is -0.112. The van der Waals surface area contributed by atoms with Crippen molar-refractivity contribution in [2.24, 2.45) is 0 Å². The fourth-order valence-electron chi connectivity index (χ4n) is 2.60. The van der Waals surface area contributed by atoms with Crippen molar-refractivity contribution in [3.05, 3.63) is 98.2 Å². The number of para-hydroxylation sites is 1. The van der Waals surface area contributed by atoms with Gasteiger partial charge >= 0.3 is 0 Å². The number of hydrogen-bond donors (Lipinski definition) is 1. The molecule has 8 heteroatoms. The fraction of sp³-hybridized carbons (Fsp3) is 0.0435. The summed E-state index contributed by atoms with van der Waals surface area (Å²) in [6.45, 7) is 0.223. The number of halogens is 4. The summed E-state index contributed by atoms with van der Waals surface area (Å²) in [5.41, 5.74) is 1.01. The molecule has 0 radical (unpaired) electrons. The molecule has 0 aromatic heterocycles. The monoisotopic (exact) mass is 474 g/mol. The van der Waals surface area contributed by atoms with Crippen molar-refractivity contribution >= 4 is 52.5 Å². The quantitative estimate of drug-likeness (QED) is 0.311. The molecule has 0 atom stereocenters. The van der Waals surface area contributed by atoms with E-state index in [-0.39, 0.29) is 33.7 Å². The molecule has 1 amide bonds. The van der Waals surface area contributed by atoms with Crippen LogP contribution in [0.5, 0.6) is 5.75 Å². The summed E-state index contributed by atoms with van der Waals surface area (Å²) in [4.78, 5) is 12.4. The molecule has 156 valence electrons. The highest BCUT2D eigenvalue weighted by Crippen LogP contribution is 2.35. The van der Waals surface area contributed by atoms with Crippen LogP contribution in [0.2, 0.25) is 15.1 Å². The van der Waals surface area contributed by atoms with Crippen molar-refractivity contribution in [2.75, 3.05) is 5.32 Å². The van der Waals surface area contributed by atoms with Crippen LogP contribution in [0.15, 0.2) is 66.2 Å². The lowest BCUT2D eigenvalue weighted by Gasteiger charge is -2.11. The molecule has 31 heavy (non-hydrogen) atoms. The van der Waals surface area contributed by atoms with E-state index in [1.165, 1.54) is 36.4 Å². The zero-order valence-electron chi connectivity index (χ0n) is 15.8. The Morgan fingerprint density at radius 1 is 1.06 bits per heavy atom. The first-order valence-electron chi connectivity index (χ1n) is 8.91. The van der Waals surface area contributed by atoms with E-state index in [4.69, 9.17) is 39.5 Å². The van der Waals surface area contributed by atoms with Crippen LogP contribution in [0.1, 0.15) is 11.1 Å². The smallest absolute Gasteiger partial charge is 0.266 e. The second kappa shape index (κ2) is 10.3. The first-order chi connectivity index (χ1) is 14.9. The van der Waals surface area contributed by atoms with E-state index in [2.05, 4.69) is 5.32 Å². The molecule has 3 rings (SSSR count). The molecule has 0 aliphatic heterocycles. The highest BCUT2D eigenvalue weighted by atomic mass is 35.5. The average molecular weight is 476 g/mol. The minimum absolute atomic E-state index is 0.0318. The topological polar surface area (TPSA) is 62.1 Å². The summed E-state index contributed by atoms with van der Waals surface area (Å²) < 4.78 is 19.4. The van der Waals surface area contributed by atoms with E-state index >= 15 is 0 Å². The summed E-state index contributed by atoms with van der Waals surface area (Å²) >= 11 is 18.4. The van der Waals surface area contributed by atoms with Gasteiger partial charge in [-0.15, -0.1) is 0 Å². The molecule has 1 N–H and O–H groups in total. The van der Waals surface area contributed by atoms with Gasteiger partial charge in [-0.2, -0.15) is 5.26 Å². The summed E-state index contributed by atoms with van der Waals surface area (Å²) in [5.74, 6) is -1.10. The van der Waals surface area contributed by atoms with Crippen LogP contribution in [0.4, 0.5) is 10.1 Å². The van der Waals surface area contributed by atoms with Crippen molar-refractivity contribution in [3.8, 4) is 11.8 Å². The molecule has 4 nitrogen and oxygen atoms in total.